The number of imidazole rings is 1. The standard InChI is InChI=1S/C17H16N6O2/c24-16(20-6-2-9-23-10-8-18-11-23)17-21-15(22-25-17)13-3-1-4-14-12(13)5-7-19-14/h1,3-5,7-8,10-11,19H,2,6,9H2,(H,20,24). The van der Waals surface area contributed by atoms with Gasteiger partial charge in [0, 0.05) is 48.1 Å². The fourth-order valence-corrected chi connectivity index (χ4v) is 2.66. The molecule has 4 rings (SSSR count). The Bertz CT molecular complexity index is 986. The van der Waals surface area contributed by atoms with Gasteiger partial charge < -0.3 is 19.4 Å². The van der Waals surface area contributed by atoms with Crippen molar-refractivity contribution in [2.75, 3.05) is 6.54 Å². The van der Waals surface area contributed by atoms with Crippen molar-refractivity contribution in [1.29, 1.82) is 0 Å². The highest BCUT2D eigenvalue weighted by atomic mass is 16.5. The third kappa shape index (κ3) is 3.14. The summed E-state index contributed by atoms with van der Waals surface area (Å²) in [5.41, 5.74) is 1.80. The summed E-state index contributed by atoms with van der Waals surface area (Å²) < 4.78 is 7.06. The minimum absolute atomic E-state index is 0.0369. The molecular weight excluding hydrogens is 320 g/mol. The maximum atomic E-state index is 12.1. The Morgan fingerprint density at radius 3 is 3.16 bits per heavy atom. The summed E-state index contributed by atoms with van der Waals surface area (Å²) in [6, 6.07) is 7.71. The van der Waals surface area contributed by atoms with Crippen molar-refractivity contribution in [3.05, 3.63) is 55.1 Å². The maximum Gasteiger partial charge on any atom is 0.316 e. The summed E-state index contributed by atoms with van der Waals surface area (Å²) in [6.45, 7) is 1.30. The molecule has 126 valence electrons. The minimum Gasteiger partial charge on any atom is -0.361 e. The van der Waals surface area contributed by atoms with Crippen molar-refractivity contribution >= 4 is 16.8 Å². The van der Waals surface area contributed by atoms with E-state index in [4.69, 9.17) is 4.52 Å². The molecule has 3 heterocycles. The second-order valence-electron chi connectivity index (χ2n) is 5.58. The zero-order valence-electron chi connectivity index (χ0n) is 13.3. The van der Waals surface area contributed by atoms with Crippen LogP contribution >= 0.6 is 0 Å². The second-order valence-corrected chi connectivity index (χ2v) is 5.58. The second kappa shape index (κ2) is 6.60. The van der Waals surface area contributed by atoms with E-state index in [0.29, 0.717) is 12.4 Å². The van der Waals surface area contributed by atoms with Crippen molar-refractivity contribution < 1.29 is 9.32 Å². The van der Waals surface area contributed by atoms with Crippen LogP contribution in [0, 0.1) is 0 Å². The fourth-order valence-electron chi connectivity index (χ4n) is 2.66. The summed E-state index contributed by atoms with van der Waals surface area (Å²) in [6.07, 6.45) is 7.99. The van der Waals surface area contributed by atoms with Crippen LogP contribution in [0.15, 0.2) is 53.7 Å². The lowest BCUT2D eigenvalue weighted by Crippen LogP contribution is -2.25. The molecule has 0 saturated carbocycles. The Kier molecular flexibility index (Phi) is 3.99. The van der Waals surface area contributed by atoms with Gasteiger partial charge in [0.2, 0.25) is 5.82 Å². The Labute approximate surface area is 142 Å². The number of fused-ring (bicyclic) bond motifs is 1. The van der Waals surface area contributed by atoms with E-state index in [0.717, 1.165) is 29.4 Å². The predicted molar refractivity (Wildman–Crippen MR) is 90.8 cm³/mol. The number of aromatic nitrogens is 5. The molecule has 1 amide bonds. The Balaban J connectivity index is 1.40. The zero-order chi connectivity index (χ0) is 17.1. The molecule has 0 atom stereocenters. The predicted octanol–water partition coefficient (Wildman–Crippen LogP) is 2.23. The first kappa shape index (κ1) is 15.1. The Morgan fingerprint density at radius 2 is 2.28 bits per heavy atom. The van der Waals surface area contributed by atoms with Gasteiger partial charge in [-0.05, 0) is 18.6 Å². The molecular formula is C17H16N6O2. The van der Waals surface area contributed by atoms with E-state index in [1.807, 2.05) is 41.2 Å². The van der Waals surface area contributed by atoms with Crippen molar-refractivity contribution in [1.82, 2.24) is 30.0 Å². The van der Waals surface area contributed by atoms with E-state index in [-0.39, 0.29) is 11.8 Å². The highest BCUT2D eigenvalue weighted by Gasteiger charge is 2.17. The Hall–Kier alpha value is -3.42. The molecule has 1 aromatic carbocycles. The molecule has 0 aliphatic heterocycles. The van der Waals surface area contributed by atoms with Gasteiger partial charge in [0.1, 0.15) is 0 Å². The van der Waals surface area contributed by atoms with Crippen LogP contribution in [-0.2, 0) is 6.54 Å². The van der Waals surface area contributed by atoms with Crippen molar-refractivity contribution in [2.45, 2.75) is 13.0 Å². The van der Waals surface area contributed by atoms with Gasteiger partial charge in [-0.15, -0.1) is 0 Å². The van der Waals surface area contributed by atoms with Crippen LogP contribution in [-0.4, -0.2) is 37.1 Å². The first-order chi connectivity index (χ1) is 12.3. The number of aromatic amines is 1. The lowest BCUT2D eigenvalue weighted by Gasteiger charge is -2.02. The van der Waals surface area contributed by atoms with Crippen molar-refractivity contribution in [2.24, 2.45) is 0 Å². The molecule has 0 aliphatic carbocycles. The van der Waals surface area contributed by atoms with Gasteiger partial charge in [0.25, 0.3) is 0 Å². The third-order valence-electron chi connectivity index (χ3n) is 3.89. The zero-order valence-corrected chi connectivity index (χ0v) is 13.3. The van der Waals surface area contributed by atoms with E-state index in [9.17, 15) is 4.79 Å². The number of hydrogen-bond acceptors (Lipinski definition) is 5. The number of amides is 1. The highest BCUT2D eigenvalue weighted by Crippen LogP contribution is 2.25. The first-order valence-electron chi connectivity index (χ1n) is 7.95. The van der Waals surface area contributed by atoms with E-state index in [1.165, 1.54) is 0 Å². The Morgan fingerprint density at radius 1 is 1.32 bits per heavy atom. The number of rotatable bonds is 6. The van der Waals surface area contributed by atoms with E-state index < -0.39 is 0 Å². The van der Waals surface area contributed by atoms with Gasteiger partial charge in [-0.2, -0.15) is 4.98 Å². The average Bonchev–Trinajstić information content (AvgIpc) is 3.39. The highest BCUT2D eigenvalue weighted by molar-refractivity contribution is 5.94. The van der Waals surface area contributed by atoms with Gasteiger partial charge in [0.05, 0.1) is 6.33 Å². The van der Waals surface area contributed by atoms with Gasteiger partial charge in [-0.1, -0.05) is 17.3 Å². The largest absolute Gasteiger partial charge is 0.361 e. The van der Waals surface area contributed by atoms with Crippen molar-refractivity contribution in [3.63, 3.8) is 0 Å². The number of H-pyrrole nitrogens is 1. The number of carbonyl (C=O) groups excluding carboxylic acids is 1. The summed E-state index contributed by atoms with van der Waals surface area (Å²) in [5, 5.41) is 7.70. The first-order valence-corrected chi connectivity index (χ1v) is 7.95. The van der Waals surface area contributed by atoms with Gasteiger partial charge in [0.15, 0.2) is 0 Å². The number of hydrogen-bond donors (Lipinski definition) is 2. The van der Waals surface area contributed by atoms with Crippen LogP contribution in [0.1, 0.15) is 17.1 Å². The quantitative estimate of drug-likeness (QED) is 0.526. The summed E-state index contributed by atoms with van der Waals surface area (Å²) >= 11 is 0. The van der Waals surface area contributed by atoms with Crippen LogP contribution < -0.4 is 5.32 Å². The van der Waals surface area contributed by atoms with E-state index in [1.54, 1.807) is 12.5 Å². The molecule has 25 heavy (non-hydrogen) atoms. The molecule has 3 aromatic heterocycles. The number of nitrogens with zero attached hydrogens (tertiary/aromatic N) is 4. The van der Waals surface area contributed by atoms with Crippen LogP contribution in [0.5, 0.6) is 0 Å². The summed E-state index contributed by atoms with van der Waals surface area (Å²) in [5.74, 6) is -0.00967. The fraction of sp³-hybridized carbons (Fsp3) is 0.176. The topological polar surface area (TPSA) is 102 Å². The summed E-state index contributed by atoms with van der Waals surface area (Å²) in [7, 11) is 0. The molecule has 0 radical (unpaired) electrons. The third-order valence-corrected chi connectivity index (χ3v) is 3.89. The molecule has 0 fully saturated rings. The minimum atomic E-state index is -0.370. The number of nitrogens with one attached hydrogen (secondary N) is 2. The monoisotopic (exact) mass is 336 g/mol. The van der Waals surface area contributed by atoms with Crippen molar-refractivity contribution in [3.8, 4) is 11.4 Å². The average molecular weight is 336 g/mol. The lowest BCUT2D eigenvalue weighted by molar-refractivity contribution is 0.0909. The van der Waals surface area contributed by atoms with Gasteiger partial charge in [-0.3, -0.25) is 4.79 Å². The van der Waals surface area contributed by atoms with Crippen LogP contribution in [0.2, 0.25) is 0 Å². The molecule has 2 N–H and O–H groups in total. The number of carbonyl (C=O) groups is 1. The number of benzene rings is 1. The number of aryl methyl sites for hydroxylation is 1. The van der Waals surface area contributed by atoms with Gasteiger partial charge >= 0.3 is 11.8 Å². The molecule has 0 aliphatic rings. The smallest absolute Gasteiger partial charge is 0.316 e. The molecule has 8 nitrogen and oxygen atoms in total. The normalized spacial score (nSPS) is 11.0. The van der Waals surface area contributed by atoms with Crippen LogP contribution in [0.3, 0.4) is 0 Å². The maximum absolute atomic E-state index is 12.1. The molecule has 0 saturated heterocycles. The van der Waals surface area contributed by atoms with E-state index in [2.05, 4.69) is 25.4 Å². The molecule has 0 spiro atoms. The molecule has 0 bridgehead atoms. The summed E-state index contributed by atoms with van der Waals surface area (Å²) in [4.78, 5) is 23.5. The lowest BCUT2D eigenvalue weighted by atomic mass is 10.1. The molecule has 4 aromatic rings. The SMILES string of the molecule is O=C(NCCCn1ccnc1)c1nc(-c2cccc3[nH]ccc23)no1. The molecule has 0 unspecified atom stereocenters. The molecule has 8 heteroatoms. The van der Waals surface area contributed by atoms with Crippen LogP contribution in [0.4, 0.5) is 0 Å². The van der Waals surface area contributed by atoms with Crippen LogP contribution in [0.25, 0.3) is 22.3 Å². The van der Waals surface area contributed by atoms with E-state index >= 15 is 0 Å². The van der Waals surface area contributed by atoms with Gasteiger partial charge in [-0.25, -0.2) is 4.98 Å².